The number of aliphatic carboxylic acids is 1. The van der Waals surface area contributed by atoms with Gasteiger partial charge in [0, 0.05) is 11.1 Å². The fourth-order valence-corrected chi connectivity index (χ4v) is 2.81. The molecule has 1 heterocycles. The molecule has 5 nitrogen and oxygen atoms in total. The Morgan fingerprint density at radius 2 is 2.28 bits per heavy atom. The summed E-state index contributed by atoms with van der Waals surface area (Å²) in [6, 6.07) is -0.0818. The van der Waals surface area contributed by atoms with Crippen molar-refractivity contribution in [3.05, 3.63) is 16.1 Å². The standard InChI is InChI=1S/C11H16N2O3S2/c1-3-8(11-12-7(2)4-18-11)13-9(14)5-17-6-10(15)16/h4,8H,3,5-6H2,1-2H3,(H,13,14)(H,15,16). The molecule has 0 radical (unpaired) electrons. The van der Waals surface area contributed by atoms with Crippen LogP contribution in [0.3, 0.4) is 0 Å². The molecule has 100 valence electrons. The molecule has 7 heteroatoms. The summed E-state index contributed by atoms with van der Waals surface area (Å²) in [5.41, 5.74) is 0.947. The van der Waals surface area contributed by atoms with Crippen LogP contribution in [-0.2, 0) is 9.59 Å². The molecule has 0 saturated heterocycles. The summed E-state index contributed by atoms with van der Waals surface area (Å²) in [5.74, 6) is -0.954. The van der Waals surface area contributed by atoms with Gasteiger partial charge in [0.25, 0.3) is 0 Å². The first kappa shape index (κ1) is 15.0. The molecule has 1 aromatic rings. The maximum atomic E-state index is 11.6. The van der Waals surface area contributed by atoms with Gasteiger partial charge >= 0.3 is 5.97 Å². The van der Waals surface area contributed by atoms with Gasteiger partial charge < -0.3 is 10.4 Å². The van der Waals surface area contributed by atoms with Gasteiger partial charge in [-0.2, -0.15) is 0 Å². The number of aryl methyl sites for hydroxylation is 1. The Bertz CT molecular complexity index is 420. The topological polar surface area (TPSA) is 79.3 Å². The second-order valence-electron chi connectivity index (χ2n) is 3.74. The SMILES string of the molecule is CCC(NC(=O)CSCC(=O)O)c1nc(C)cs1. The second kappa shape index (κ2) is 7.38. The van der Waals surface area contributed by atoms with Crippen molar-refractivity contribution in [1.29, 1.82) is 0 Å². The van der Waals surface area contributed by atoms with Crippen LogP contribution in [0.15, 0.2) is 5.38 Å². The third kappa shape index (κ3) is 5.05. The van der Waals surface area contributed by atoms with Crippen molar-refractivity contribution < 1.29 is 14.7 Å². The maximum Gasteiger partial charge on any atom is 0.313 e. The first-order valence-electron chi connectivity index (χ1n) is 5.53. The van der Waals surface area contributed by atoms with Gasteiger partial charge in [-0.25, -0.2) is 4.98 Å². The molecule has 1 amide bonds. The van der Waals surface area contributed by atoms with Crippen molar-refractivity contribution in [2.75, 3.05) is 11.5 Å². The number of carboxylic acids is 1. The number of carbonyl (C=O) groups excluding carboxylic acids is 1. The fourth-order valence-electron chi connectivity index (χ4n) is 1.34. The third-order valence-electron chi connectivity index (χ3n) is 2.14. The van der Waals surface area contributed by atoms with Crippen LogP contribution in [0.25, 0.3) is 0 Å². The molecular formula is C11H16N2O3S2. The minimum Gasteiger partial charge on any atom is -0.481 e. The molecule has 0 aliphatic heterocycles. The number of amides is 1. The highest BCUT2D eigenvalue weighted by atomic mass is 32.2. The summed E-state index contributed by atoms with van der Waals surface area (Å²) in [5, 5.41) is 14.2. The average Bonchev–Trinajstić information content (AvgIpc) is 2.72. The largest absolute Gasteiger partial charge is 0.481 e. The van der Waals surface area contributed by atoms with Crippen LogP contribution in [0.2, 0.25) is 0 Å². The molecule has 1 rings (SSSR count). The lowest BCUT2D eigenvalue weighted by Gasteiger charge is -2.14. The van der Waals surface area contributed by atoms with Crippen LogP contribution >= 0.6 is 23.1 Å². The van der Waals surface area contributed by atoms with Crippen LogP contribution in [-0.4, -0.2) is 33.5 Å². The third-order valence-corrected chi connectivity index (χ3v) is 4.13. The smallest absolute Gasteiger partial charge is 0.313 e. The van der Waals surface area contributed by atoms with Crippen LogP contribution in [0.5, 0.6) is 0 Å². The van der Waals surface area contributed by atoms with Crippen molar-refractivity contribution in [3.8, 4) is 0 Å². The lowest BCUT2D eigenvalue weighted by atomic mass is 10.2. The summed E-state index contributed by atoms with van der Waals surface area (Å²) >= 11 is 2.62. The molecule has 0 spiro atoms. The predicted molar refractivity (Wildman–Crippen MR) is 73.0 cm³/mol. The summed E-state index contributed by atoms with van der Waals surface area (Å²) in [6.45, 7) is 3.89. The highest BCUT2D eigenvalue weighted by Crippen LogP contribution is 2.20. The monoisotopic (exact) mass is 288 g/mol. The molecule has 1 aromatic heterocycles. The minimum absolute atomic E-state index is 0.0550. The van der Waals surface area contributed by atoms with E-state index in [0.717, 1.165) is 28.9 Å². The van der Waals surface area contributed by atoms with E-state index in [4.69, 9.17) is 5.11 Å². The lowest BCUT2D eigenvalue weighted by Crippen LogP contribution is -2.29. The van der Waals surface area contributed by atoms with Gasteiger partial charge in [-0.3, -0.25) is 9.59 Å². The number of carboxylic acid groups (broad SMARTS) is 1. The lowest BCUT2D eigenvalue weighted by molar-refractivity contribution is -0.133. The number of hydrogen-bond acceptors (Lipinski definition) is 5. The van der Waals surface area contributed by atoms with Crippen molar-refractivity contribution in [2.24, 2.45) is 0 Å². The van der Waals surface area contributed by atoms with Crippen LogP contribution in [0.1, 0.15) is 30.1 Å². The number of thioether (sulfide) groups is 1. The van der Waals surface area contributed by atoms with E-state index in [1.807, 2.05) is 19.2 Å². The summed E-state index contributed by atoms with van der Waals surface area (Å²) in [4.78, 5) is 26.3. The second-order valence-corrected chi connectivity index (χ2v) is 5.62. The van der Waals surface area contributed by atoms with Crippen molar-refractivity contribution in [1.82, 2.24) is 10.3 Å². The Morgan fingerprint density at radius 1 is 1.56 bits per heavy atom. The first-order valence-corrected chi connectivity index (χ1v) is 7.57. The van der Waals surface area contributed by atoms with E-state index in [2.05, 4.69) is 10.3 Å². The van der Waals surface area contributed by atoms with Gasteiger partial charge in [0.05, 0.1) is 17.5 Å². The molecule has 1 unspecified atom stereocenters. The number of rotatable bonds is 7. The number of aromatic nitrogens is 1. The Kier molecular flexibility index (Phi) is 6.14. The van der Waals surface area contributed by atoms with Gasteiger partial charge in [-0.15, -0.1) is 23.1 Å². The van der Waals surface area contributed by atoms with E-state index in [-0.39, 0.29) is 23.5 Å². The average molecular weight is 288 g/mol. The van der Waals surface area contributed by atoms with Crippen LogP contribution in [0, 0.1) is 6.92 Å². The highest BCUT2D eigenvalue weighted by molar-refractivity contribution is 8.00. The van der Waals surface area contributed by atoms with E-state index in [1.165, 1.54) is 11.3 Å². The minimum atomic E-state index is -0.907. The van der Waals surface area contributed by atoms with Gasteiger partial charge in [0.2, 0.25) is 5.91 Å². The summed E-state index contributed by atoms with van der Waals surface area (Å²) < 4.78 is 0. The molecule has 0 bridgehead atoms. The van der Waals surface area contributed by atoms with E-state index in [9.17, 15) is 9.59 Å². The Balaban J connectivity index is 2.43. The molecule has 1 atom stereocenters. The van der Waals surface area contributed by atoms with E-state index < -0.39 is 5.97 Å². The molecule has 18 heavy (non-hydrogen) atoms. The summed E-state index contributed by atoms with van der Waals surface area (Å²) in [6.07, 6.45) is 0.766. The number of carbonyl (C=O) groups is 2. The molecule has 0 saturated carbocycles. The van der Waals surface area contributed by atoms with Gasteiger partial charge in [-0.05, 0) is 13.3 Å². The zero-order valence-electron chi connectivity index (χ0n) is 10.3. The zero-order chi connectivity index (χ0) is 13.5. The van der Waals surface area contributed by atoms with Gasteiger partial charge in [0.15, 0.2) is 0 Å². The Labute approximate surface area is 114 Å². The molecule has 0 aliphatic carbocycles. The van der Waals surface area contributed by atoms with Gasteiger partial charge in [0.1, 0.15) is 5.01 Å². The predicted octanol–water partition coefficient (Wildman–Crippen LogP) is 1.84. The van der Waals surface area contributed by atoms with Gasteiger partial charge in [-0.1, -0.05) is 6.92 Å². The molecule has 0 fully saturated rings. The Morgan fingerprint density at radius 3 is 2.78 bits per heavy atom. The number of hydrogen-bond donors (Lipinski definition) is 2. The van der Waals surface area contributed by atoms with Crippen LogP contribution < -0.4 is 5.32 Å². The van der Waals surface area contributed by atoms with E-state index in [0.29, 0.717) is 0 Å². The normalized spacial score (nSPS) is 12.1. The molecular weight excluding hydrogens is 272 g/mol. The van der Waals surface area contributed by atoms with Crippen molar-refractivity contribution in [2.45, 2.75) is 26.3 Å². The first-order chi connectivity index (χ1) is 8.52. The number of nitrogens with one attached hydrogen (secondary N) is 1. The molecule has 2 N–H and O–H groups in total. The Hall–Kier alpha value is -1.08. The van der Waals surface area contributed by atoms with Crippen molar-refractivity contribution in [3.63, 3.8) is 0 Å². The number of thiazole rings is 1. The number of nitrogens with zero attached hydrogens (tertiary/aromatic N) is 1. The highest BCUT2D eigenvalue weighted by Gasteiger charge is 2.15. The summed E-state index contributed by atoms with van der Waals surface area (Å²) in [7, 11) is 0. The van der Waals surface area contributed by atoms with Crippen molar-refractivity contribution >= 4 is 35.0 Å². The maximum absolute atomic E-state index is 11.6. The van der Waals surface area contributed by atoms with Crippen LogP contribution in [0.4, 0.5) is 0 Å². The molecule has 0 aromatic carbocycles. The zero-order valence-corrected chi connectivity index (χ0v) is 11.9. The quantitative estimate of drug-likeness (QED) is 0.800. The van der Waals surface area contributed by atoms with E-state index >= 15 is 0 Å². The van der Waals surface area contributed by atoms with E-state index in [1.54, 1.807) is 0 Å². The molecule has 0 aliphatic rings. The fraction of sp³-hybridized carbons (Fsp3) is 0.545.